The van der Waals surface area contributed by atoms with Crippen LogP contribution in [0, 0.1) is 53.8 Å². The number of hydrogen-bond acceptors (Lipinski definition) is 18. The fraction of sp³-hybridized carbons (Fsp3) is 0.817. The van der Waals surface area contributed by atoms with E-state index in [2.05, 4.69) is 87.8 Å². The van der Waals surface area contributed by atoms with E-state index in [1.807, 2.05) is 12.1 Å². The van der Waals surface area contributed by atoms with Crippen molar-refractivity contribution < 1.29 is 88.8 Å². The molecular weight excluding hydrogens is 1160 g/mol. The highest BCUT2D eigenvalue weighted by Gasteiger charge is 2.72. The Morgan fingerprint density at radius 3 is 2.12 bits per heavy atom. The van der Waals surface area contributed by atoms with Crippen molar-refractivity contribution in [2.24, 2.45) is 50.2 Å². The second kappa shape index (κ2) is 24.0. The number of fused-ring (bicyclic) bond motifs is 7. The molecular formula is C60H91IN2O18. The van der Waals surface area contributed by atoms with Gasteiger partial charge < -0.3 is 85.0 Å². The Hall–Kier alpha value is -2.46. The van der Waals surface area contributed by atoms with Crippen LogP contribution in [0.1, 0.15) is 149 Å². The van der Waals surface area contributed by atoms with E-state index in [1.165, 1.54) is 6.92 Å². The van der Waals surface area contributed by atoms with Crippen LogP contribution in [0.15, 0.2) is 35.9 Å². The maximum absolute atomic E-state index is 15.7. The molecule has 21 heteroatoms. The van der Waals surface area contributed by atoms with E-state index in [4.69, 9.17) is 28.4 Å². The van der Waals surface area contributed by atoms with Gasteiger partial charge in [-0.05, 0) is 169 Å². The van der Waals surface area contributed by atoms with Crippen LogP contribution in [0.5, 0.6) is 0 Å². The van der Waals surface area contributed by atoms with Gasteiger partial charge in [0.25, 0.3) is 5.91 Å². The zero-order chi connectivity index (χ0) is 58.9. The average molecular weight is 1260 g/mol. The molecule has 0 aromatic heterocycles. The van der Waals surface area contributed by atoms with Crippen LogP contribution >= 0.6 is 22.6 Å². The first-order valence-electron chi connectivity index (χ1n) is 29.6. The molecule has 20 nitrogen and oxygen atoms in total. The van der Waals surface area contributed by atoms with Gasteiger partial charge in [-0.25, -0.2) is 0 Å². The van der Waals surface area contributed by atoms with Gasteiger partial charge in [-0.2, -0.15) is 0 Å². The first-order valence-corrected chi connectivity index (χ1v) is 30.7. The van der Waals surface area contributed by atoms with Crippen molar-refractivity contribution >= 4 is 40.4 Å². The molecule has 0 spiro atoms. The third-order valence-electron chi connectivity index (χ3n) is 21.7. The molecule has 3 heterocycles. The van der Waals surface area contributed by atoms with Crippen molar-refractivity contribution in [1.29, 1.82) is 0 Å². The van der Waals surface area contributed by atoms with Crippen LogP contribution in [0.3, 0.4) is 0 Å². The summed E-state index contributed by atoms with van der Waals surface area (Å²) in [7, 11) is 0. The summed E-state index contributed by atoms with van der Waals surface area (Å²) in [6.07, 6.45) is -12.9. The molecule has 0 radical (unpaired) electrons. The highest BCUT2D eigenvalue weighted by molar-refractivity contribution is 14.1. The zero-order valence-electron chi connectivity index (χ0n) is 48.2. The van der Waals surface area contributed by atoms with Gasteiger partial charge in [0.2, 0.25) is 12.2 Å². The number of ether oxygens (including phenoxy) is 6. The Morgan fingerprint density at radius 1 is 0.728 bits per heavy atom. The number of hydrogen-bond donors (Lipinski definition) is 11. The Balaban J connectivity index is 0.960. The maximum atomic E-state index is 15.7. The first kappa shape index (κ1) is 63.1. The SMILES string of the molecule is C[C@H]1O[C@@H](OC2C(O)[C@@H](NC(=O)CCCCCNC(=O)c3ccc(I)cc3)[C@@H](CO)O[C@H]2OC(=O)[C@]23CCC(C)(C)CC2C2=CCC4[C@@]5(C)CC[C@H](O)C(C)(C)C5CC[C@@]4(C)[C@]2(C)C[C@H]3O)C(O)C(O)[C@H]1O[C@@H]1OC[C@@H](O)C(O)C1O. The molecule has 3 saturated heterocycles. The van der Waals surface area contributed by atoms with E-state index in [1.54, 1.807) is 12.1 Å². The molecule has 11 N–H and O–H groups in total. The van der Waals surface area contributed by atoms with E-state index in [0.717, 1.165) is 41.2 Å². The normalized spacial score (nSPS) is 45.4. The quantitative estimate of drug-likeness (QED) is 0.0518. The predicted molar refractivity (Wildman–Crippen MR) is 300 cm³/mol. The minimum Gasteiger partial charge on any atom is -0.432 e. The number of nitrogens with one attached hydrogen (secondary N) is 2. The highest BCUT2D eigenvalue weighted by Crippen LogP contribution is 2.76. The molecule has 0 bridgehead atoms. The monoisotopic (exact) mass is 1250 g/mol. The third-order valence-corrected chi connectivity index (χ3v) is 22.5. The molecule has 1 aromatic carbocycles. The number of amides is 2. The molecule has 456 valence electrons. The average Bonchev–Trinajstić information content (AvgIpc) is 1.41. The molecule has 3 aliphatic heterocycles. The van der Waals surface area contributed by atoms with Crippen molar-refractivity contribution in [3.8, 4) is 0 Å². The Kier molecular flexibility index (Phi) is 18.7. The van der Waals surface area contributed by atoms with Gasteiger partial charge in [-0.15, -0.1) is 0 Å². The van der Waals surface area contributed by atoms with Gasteiger partial charge in [0, 0.05) is 22.1 Å². The van der Waals surface area contributed by atoms with Crippen LogP contribution in [-0.4, -0.2) is 182 Å². The van der Waals surface area contributed by atoms with Gasteiger partial charge in [-0.3, -0.25) is 14.4 Å². The van der Waals surface area contributed by atoms with Crippen molar-refractivity contribution in [2.75, 3.05) is 19.8 Å². The van der Waals surface area contributed by atoms with Crippen molar-refractivity contribution in [3.05, 3.63) is 45.0 Å². The predicted octanol–water partition coefficient (Wildman–Crippen LogP) is 3.50. The van der Waals surface area contributed by atoms with Gasteiger partial charge >= 0.3 is 5.97 Å². The number of halogens is 1. The summed E-state index contributed by atoms with van der Waals surface area (Å²) in [5.41, 5.74) is -1.17. The summed E-state index contributed by atoms with van der Waals surface area (Å²) in [6.45, 7) is 16.5. The van der Waals surface area contributed by atoms with Gasteiger partial charge in [0.15, 0.2) is 18.7 Å². The van der Waals surface area contributed by atoms with Crippen LogP contribution in [0.4, 0.5) is 0 Å². The van der Waals surface area contributed by atoms with Crippen molar-refractivity contribution in [2.45, 2.75) is 237 Å². The molecule has 23 atom stereocenters. The molecule has 4 saturated carbocycles. The Morgan fingerprint density at radius 2 is 1.42 bits per heavy atom. The lowest BCUT2D eigenvalue weighted by Crippen LogP contribution is -2.69. The van der Waals surface area contributed by atoms with Crippen LogP contribution in [0.25, 0.3) is 0 Å². The van der Waals surface area contributed by atoms with Crippen LogP contribution < -0.4 is 10.6 Å². The number of carbonyl (C=O) groups is 3. The molecule has 9 unspecified atom stereocenters. The molecule has 8 aliphatic rings. The van der Waals surface area contributed by atoms with Crippen molar-refractivity contribution in [1.82, 2.24) is 10.6 Å². The number of allylic oxidation sites excluding steroid dienone is 2. The maximum Gasteiger partial charge on any atom is 0.317 e. The second-order valence-corrected chi connectivity index (χ2v) is 28.5. The smallest absolute Gasteiger partial charge is 0.317 e. The number of aliphatic hydroxyl groups is 9. The fourth-order valence-electron chi connectivity index (χ4n) is 16.7. The molecule has 7 fully saturated rings. The van der Waals surface area contributed by atoms with E-state index in [-0.39, 0.29) is 58.9 Å². The Labute approximate surface area is 489 Å². The molecule has 2 amide bonds. The third kappa shape index (κ3) is 11.5. The van der Waals surface area contributed by atoms with Crippen molar-refractivity contribution in [3.63, 3.8) is 0 Å². The Bertz CT molecular complexity index is 2450. The lowest BCUT2D eigenvalue weighted by molar-refractivity contribution is -0.370. The molecule has 9 rings (SSSR count). The summed E-state index contributed by atoms with van der Waals surface area (Å²) < 4.78 is 37.5. The number of unbranched alkanes of at least 4 members (excludes halogenated alkanes) is 2. The zero-order valence-corrected chi connectivity index (χ0v) is 50.4. The fourth-order valence-corrected chi connectivity index (χ4v) is 17.0. The standard InChI is InChI=1S/C60H91IN2O18/c1-30-48(79-51-46(72)43(69)35(65)29-76-51)45(71)47(73)52(77-30)80-49-44(70)42(63-41(68)12-10-9-11-25-62-50(74)31-13-15-32(61)16-14-31)36(28-64)78-53(49)81-54(75)60-24-23-55(2,3)26-34(60)33-17-18-38-57(6)21-20-39(66)56(4,5)37(57)19-22-58(38,7)59(33,8)27-40(60)67/h13-17,30,34-40,42-49,51-53,64-67,69-73H,9-12,18-29H2,1-8H3,(H,62,74)(H,63,68)/t30-,34?,35-,36-,37?,38?,39+,40-,42+,43?,44?,45?,46?,47?,48+,49?,51+,52+,53+,57+,58-,59-,60-/m1/s1. The number of rotatable bonds is 15. The van der Waals surface area contributed by atoms with E-state index < -0.39 is 134 Å². The number of carbonyl (C=O) groups excluding carboxylic acids is 3. The van der Waals surface area contributed by atoms with E-state index in [0.29, 0.717) is 50.1 Å². The largest absolute Gasteiger partial charge is 0.432 e. The second-order valence-electron chi connectivity index (χ2n) is 27.3. The molecule has 5 aliphatic carbocycles. The summed E-state index contributed by atoms with van der Waals surface area (Å²) >= 11 is 2.17. The topological polar surface area (TPSA) is 313 Å². The van der Waals surface area contributed by atoms with Gasteiger partial charge in [-0.1, -0.05) is 66.5 Å². The minimum atomic E-state index is -1.94. The summed E-state index contributed by atoms with van der Waals surface area (Å²) in [4.78, 5) is 42.0. The molecule has 81 heavy (non-hydrogen) atoms. The lowest BCUT2D eigenvalue weighted by Gasteiger charge is -2.71. The van der Waals surface area contributed by atoms with Gasteiger partial charge in [0.05, 0.1) is 37.6 Å². The summed E-state index contributed by atoms with van der Waals surface area (Å²) in [5.74, 6) is -1.43. The number of benzene rings is 1. The van der Waals surface area contributed by atoms with Gasteiger partial charge in [0.1, 0.15) is 54.2 Å². The van der Waals surface area contributed by atoms with Crippen LogP contribution in [0.2, 0.25) is 0 Å². The minimum absolute atomic E-state index is 0.00500. The first-order chi connectivity index (χ1) is 38.0. The van der Waals surface area contributed by atoms with E-state index >= 15 is 4.79 Å². The summed E-state index contributed by atoms with van der Waals surface area (Å²) in [6, 6.07) is 5.80. The highest BCUT2D eigenvalue weighted by atomic mass is 127. The number of esters is 1. The lowest BCUT2D eigenvalue weighted by atomic mass is 9.33. The molecule has 1 aromatic rings. The number of aliphatic hydroxyl groups excluding tert-OH is 9. The van der Waals surface area contributed by atoms with E-state index in [9.17, 15) is 55.5 Å². The summed E-state index contributed by atoms with van der Waals surface area (Å²) in [5, 5.41) is 107. The van der Waals surface area contributed by atoms with Crippen LogP contribution in [-0.2, 0) is 38.0 Å².